The first-order valence-corrected chi connectivity index (χ1v) is 12.6. The summed E-state index contributed by atoms with van der Waals surface area (Å²) in [5.41, 5.74) is 13.8. The van der Waals surface area contributed by atoms with Crippen LogP contribution in [0.1, 0.15) is 66.4 Å². The number of nitrogen functional groups attached to an aromatic ring is 1. The molecule has 7 N–H and O–H groups in total. The zero-order valence-electron chi connectivity index (χ0n) is 20.7. The largest absolute Gasteiger partial charge is 0.384 e. The number of primary amides is 1. The lowest BCUT2D eigenvalue weighted by Gasteiger charge is -2.31. The molecule has 7 nitrogen and oxygen atoms in total. The van der Waals surface area contributed by atoms with Gasteiger partial charge in [0.05, 0.1) is 0 Å². The van der Waals surface area contributed by atoms with Crippen molar-refractivity contribution in [1.29, 1.82) is 5.41 Å². The van der Waals surface area contributed by atoms with Crippen molar-refractivity contribution in [3.63, 3.8) is 0 Å². The van der Waals surface area contributed by atoms with Gasteiger partial charge in [0.15, 0.2) is 0 Å². The van der Waals surface area contributed by atoms with Crippen LogP contribution in [-0.4, -0.2) is 35.7 Å². The number of amidine groups is 1. The van der Waals surface area contributed by atoms with Crippen LogP contribution in [0.4, 0.5) is 8.78 Å². The highest BCUT2D eigenvalue weighted by Crippen LogP contribution is 2.33. The Bertz CT molecular complexity index is 1310. The van der Waals surface area contributed by atoms with Crippen molar-refractivity contribution in [3.05, 3.63) is 69.6 Å². The Balaban J connectivity index is 1.68. The molecule has 2 aromatic rings. The number of alkyl halides is 2. The summed E-state index contributed by atoms with van der Waals surface area (Å²) in [7, 11) is 0. The third-order valence-electron chi connectivity index (χ3n) is 7.12. The molecule has 0 aliphatic heterocycles. The van der Waals surface area contributed by atoms with E-state index in [1.165, 1.54) is 0 Å². The van der Waals surface area contributed by atoms with Crippen molar-refractivity contribution in [2.45, 2.75) is 69.5 Å². The molecule has 4 rings (SSSR count). The van der Waals surface area contributed by atoms with Gasteiger partial charge in [-0.05, 0) is 71.9 Å². The first kappa shape index (κ1) is 26.5. The zero-order valence-corrected chi connectivity index (χ0v) is 20.7. The average Bonchev–Trinajstić information content (AvgIpc) is 3.07. The number of carbonyl (C=O) groups is 2. The molecule has 37 heavy (non-hydrogen) atoms. The van der Waals surface area contributed by atoms with Gasteiger partial charge in [0.2, 0.25) is 17.7 Å². The van der Waals surface area contributed by atoms with Gasteiger partial charge < -0.3 is 16.8 Å². The minimum atomic E-state index is -2.68. The van der Waals surface area contributed by atoms with Gasteiger partial charge in [-0.3, -0.25) is 20.3 Å². The molecule has 0 spiro atoms. The van der Waals surface area contributed by atoms with Crippen LogP contribution >= 0.6 is 0 Å². The quantitative estimate of drug-likeness (QED) is 0.275. The van der Waals surface area contributed by atoms with E-state index >= 15 is 0 Å². The lowest BCUT2D eigenvalue weighted by molar-refractivity contribution is -0.123. The van der Waals surface area contributed by atoms with E-state index in [-0.39, 0.29) is 43.5 Å². The van der Waals surface area contributed by atoms with Gasteiger partial charge in [-0.1, -0.05) is 30.3 Å². The van der Waals surface area contributed by atoms with Crippen LogP contribution in [0.2, 0.25) is 0 Å². The lowest BCUT2D eigenvalue weighted by atomic mass is 9.91. The van der Waals surface area contributed by atoms with Gasteiger partial charge in [0.25, 0.3) is 0 Å². The first-order chi connectivity index (χ1) is 17.6. The number of carbonyl (C=O) groups excluding carboxylic acids is 2. The van der Waals surface area contributed by atoms with Crippen molar-refractivity contribution >= 4 is 29.3 Å². The molecule has 1 saturated carbocycles. The highest BCUT2D eigenvalue weighted by molar-refractivity contribution is 5.95. The summed E-state index contributed by atoms with van der Waals surface area (Å²) in [5, 5.41) is 16.0. The molecule has 0 bridgehead atoms. The van der Waals surface area contributed by atoms with Gasteiger partial charge in [0, 0.05) is 36.6 Å². The van der Waals surface area contributed by atoms with Gasteiger partial charge in [-0.25, -0.2) is 8.78 Å². The summed E-state index contributed by atoms with van der Waals surface area (Å²) in [5.74, 6) is -3.50. The van der Waals surface area contributed by atoms with Gasteiger partial charge >= 0.3 is 0 Å². The fourth-order valence-corrected chi connectivity index (χ4v) is 5.07. The Labute approximate surface area is 214 Å². The molecular weight excluding hydrogens is 476 g/mol. The maximum Gasteiger partial charge on any atom is 0.248 e. The molecule has 0 saturated heterocycles. The van der Waals surface area contributed by atoms with E-state index in [9.17, 15) is 18.4 Å². The lowest BCUT2D eigenvalue weighted by Crippen LogP contribution is -2.51. The van der Waals surface area contributed by atoms with Crippen LogP contribution in [0.25, 0.3) is 11.6 Å². The molecule has 1 fully saturated rings. The van der Waals surface area contributed by atoms with Gasteiger partial charge in [-0.2, -0.15) is 0 Å². The van der Waals surface area contributed by atoms with Crippen LogP contribution in [0.15, 0.2) is 42.5 Å². The summed E-state index contributed by atoms with van der Waals surface area (Å²) in [6, 6.07) is 11.4. The van der Waals surface area contributed by atoms with Crippen LogP contribution in [0.5, 0.6) is 0 Å². The van der Waals surface area contributed by atoms with Crippen LogP contribution in [-0.2, 0) is 11.3 Å². The van der Waals surface area contributed by atoms with E-state index in [4.69, 9.17) is 16.9 Å². The number of hydrogen-bond donors (Lipinski definition) is 5. The highest BCUT2D eigenvalue weighted by Gasteiger charge is 2.36. The summed E-state index contributed by atoms with van der Waals surface area (Å²) < 4.78 is 27.3. The van der Waals surface area contributed by atoms with E-state index in [0.29, 0.717) is 24.1 Å². The minimum Gasteiger partial charge on any atom is -0.384 e. The van der Waals surface area contributed by atoms with Crippen molar-refractivity contribution < 1.29 is 18.4 Å². The minimum absolute atomic E-state index is 0.0298. The maximum absolute atomic E-state index is 13.7. The van der Waals surface area contributed by atoms with E-state index < -0.39 is 17.9 Å². The maximum atomic E-state index is 13.7. The number of nitrogens with one attached hydrogen (secondary N) is 3. The molecule has 2 aromatic carbocycles. The SMILES string of the molecule is N=C(N)c1ccc2c(c1)=CCCCC=2C(NCc1cccc(C(N)=O)c1)C(=O)NC1CCC(F)(F)CC1. The molecule has 2 aliphatic carbocycles. The monoisotopic (exact) mass is 509 g/mol. The van der Waals surface area contributed by atoms with E-state index in [0.717, 1.165) is 34.4 Å². The zero-order chi connectivity index (χ0) is 26.6. The van der Waals surface area contributed by atoms with Crippen LogP contribution < -0.4 is 32.5 Å². The molecule has 196 valence electrons. The van der Waals surface area contributed by atoms with Crippen molar-refractivity contribution in [3.8, 4) is 0 Å². The Morgan fingerprint density at radius 3 is 2.54 bits per heavy atom. The number of benzene rings is 2. The molecule has 0 aromatic heterocycles. The number of fused-ring (bicyclic) bond motifs is 1. The molecular formula is C28H33F2N5O2. The molecule has 2 amide bonds. The smallest absolute Gasteiger partial charge is 0.248 e. The molecule has 1 unspecified atom stereocenters. The Morgan fingerprint density at radius 1 is 1.08 bits per heavy atom. The topological polar surface area (TPSA) is 134 Å². The second-order valence-electron chi connectivity index (χ2n) is 9.85. The van der Waals surface area contributed by atoms with E-state index in [2.05, 4.69) is 16.7 Å². The number of halogens is 2. The molecule has 1 atom stereocenters. The number of hydrogen-bond acceptors (Lipinski definition) is 4. The highest BCUT2D eigenvalue weighted by atomic mass is 19.3. The molecule has 0 heterocycles. The third kappa shape index (κ3) is 6.60. The average molecular weight is 510 g/mol. The second kappa shape index (κ2) is 11.2. The fraction of sp³-hybridized carbons (Fsp3) is 0.393. The fourth-order valence-electron chi connectivity index (χ4n) is 5.07. The van der Waals surface area contributed by atoms with Gasteiger partial charge in [0.1, 0.15) is 11.9 Å². The molecule has 2 aliphatic rings. The van der Waals surface area contributed by atoms with Gasteiger partial charge in [-0.15, -0.1) is 0 Å². The molecule has 0 radical (unpaired) electrons. The Hall–Kier alpha value is -3.59. The van der Waals surface area contributed by atoms with E-state index in [1.807, 2.05) is 18.2 Å². The number of amides is 2. The Kier molecular flexibility index (Phi) is 8.02. The van der Waals surface area contributed by atoms with Crippen LogP contribution in [0.3, 0.4) is 0 Å². The van der Waals surface area contributed by atoms with Crippen LogP contribution in [0, 0.1) is 5.41 Å². The predicted molar refractivity (Wildman–Crippen MR) is 139 cm³/mol. The van der Waals surface area contributed by atoms with Crippen molar-refractivity contribution in [2.24, 2.45) is 11.5 Å². The standard InChI is InChI=1S/C28H33F2N5O2/c29-28(30)12-10-21(11-13-28)35-27(37)24(34-16-17-4-3-6-20(14-17)26(33)36)23-7-2-1-5-18-15-19(25(31)32)8-9-22(18)23/h3-6,8-9,14-15,21,24,34H,1-2,7,10-13,16H2,(H3,31,32)(H2,33,36)(H,35,37). The number of rotatable bonds is 8. The normalized spacial score (nSPS) is 18.2. The summed E-state index contributed by atoms with van der Waals surface area (Å²) >= 11 is 0. The van der Waals surface area contributed by atoms with E-state index in [1.54, 1.807) is 24.3 Å². The number of nitrogens with two attached hydrogens (primary N) is 2. The van der Waals surface area contributed by atoms with Crippen molar-refractivity contribution in [1.82, 2.24) is 10.6 Å². The second-order valence-corrected chi connectivity index (χ2v) is 9.85. The van der Waals surface area contributed by atoms with Crippen molar-refractivity contribution in [2.75, 3.05) is 0 Å². The summed E-state index contributed by atoms with van der Waals surface area (Å²) in [6.45, 7) is 0.302. The summed E-state index contributed by atoms with van der Waals surface area (Å²) in [6.07, 6.45) is 4.38. The third-order valence-corrected chi connectivity index (χ3v) is 7.12. The predicted octanol–water partition coefficient (Wildman–Crippen LogP) is 2.04. The Morgan fingerprint density at radius 2 is 1.84 bits per heavy atom. The summed E-state index contributed by atoms with van der Waals surface area (Å²) in [4.78, 5) is 25.3. The first-order valence-electron chi connectivity index (χ1n) is 12.6. The molecule has 9 heteroatoms.